The van der Waals surface area contributed by atoms with Crippen LogP contribution in [0.1, 0.15) is 20.3 Å². The van der Waals surface area contributed by atoms with Crippen LogP contribution in [0, 0.1) is 0 Å². The summed E-state index contributed by atoms with van der Waals surface area (Å²) in [7, 11) is 2.12. The molecular formula is C7H14BO2. The van der Waals surface area contributed by atoms with Crippen molar-refractivity contribution in [3.05, 3.63) is 0 Å². The molecule has 0 spiro atoms. The quantitative estimate of drug-likeness (QED) is 0.510. The van der Waals surface area contributed by atoms with Crippen LogP contribution in [0.2, 0.25) is 12.1 Å². The molecule has 2 atom stereocenters. The summed E-state index contributed by atoms with van der Waals surface area (Å²) < 4.78 is 5.23. The van der Waals surface area contributed by atoms with Gasteiger partial charge in [0.2, 0.25) is 0 Å². The Kier molecular flexibility index (Phi) is 2.37. The van der Waals surface area contributed by atoms with Gasteiger partial charge in [-0.3, -0.25) is 0 Å². The molecule has 0 aromatic heterocycles. The molecule has 3 heteroatoms. The number of rotatable bonds is 0. The summed E-state index contributed by atoms with van der Waals surface area (Å²) in [6, 6.07) is 0. The van der Waals surface area contributed by atoms with Crippen LogP contribution in [0.15, 0.2) is 0 Å². The molecule has 1 radical (unpaired) electrons. The van der Waals surface area contributed by atoms with Crippen molar-refractivity contribution in [3.8, 4) is 0 Å². The summed E-state index contributed by atoms with van der Waals surface area (Å²) in [6.45, 7) is 4.37. The Bertz CT molecular complexity index is 114. The zero-order valence-electron chi connectivity index (χ0n) is 6.63. The van der Waals surface area contributed by atoms with Crippen LogP contribution in [0.3, 0.4) is 0 Å². The first kappa shape index (κ1) is 8.09. The smallest absolute Gasteiger partial charge is 0.158 e. The standard InChI is InChI=1S/C7H14BO2/c1-6-7(2,9)10-5-3-4-8-6/h6,9H,3-5H2,1-2H3. The molecular weight excluding hydrogens is 127 g/mol. The molecule has 1 N–H and O–H groups in total. The molecule has 0 aliphatic carbocycles. The van der Waals surface area contributed by atoms with E-state index in [-0.39, 0.29) is 5.82 Å². The fourth-order valence-electron chi connectivity index (χ4n) is 1.08. The highest BCUT2D eigenvalue weighted by molar-refractivity contribution is 6.37. The normalized spacial score (nSPS) is 42.1. The van der Waals surface area contributed by atoms with Crippen molar-refractivity contribution in [2.24, 2.45) is 0 Å². The Labute approximate surface area is 62.8 Å². The van der Waals surface area contributed by atoms with Crippen molar-refractivity contribution in [2.75, 3.05) is 6.61 Å². The number of ether oxygens (including phenoxy) is 1. The molecule has 0 aromatic rings. The van der Waals surface area contributed by atoms with Gasteiger partial charge in [-0.25, -0.2) is 0 Å². The second-order valence-electron chi connectivity index (χ2n) is 3.07. The monoisotopic (exact) mass is 141 g/mol. The third-order valence-electron chi connectivity index (χ3n) is 2.11. The second kappa shape index (κ2) is 2.93. The zero-order chi connectivity index (χ0) is 7.61. The Morgan fingerprint density at radius 2 is 2.40 bits per heavy atom. The molecule has 1 fully saturated rings. The molecule has 57 valence electrons. The Morgan fingerprint density at radius 1 is 1.70 bits per heavy atom. The number of aliphatic hydroxyl groups is 1. The maximum Gasteiger partial charge on any atom is 0.158 e. The van der Waals surface area contributed by atoms with Crippen LogP contribution in [-0.4, -0.2) is 24.8 Å². The van der Waals surface area contributed by atoms with Crippen molar-refractivity contribution in [1.29, 1.82) is 0 Å². The number of hydrogen-bond acceptors (Lipinski definition) is 2. The van der Waals surface area contributed by atoms with E-state index >= 15 is 0 Å². The van der Waals surface area contributed by atoms with Gasteiger partial charge in [0, 0.05) is 6.61 Å². The van der Waals surface area contributed by atoms with Crippen molar-refractivity contribution >= 4 is 7.28 Å². The van der Waals surface area contributed by atoms with Gasteiger partial charge in [0.25, 0.3) is 0 Å². The molecule has 1 aliphatic rings. The fraction of sp³-hybridized carbons (Fsp3) is 1.00. The molecule has 1 heterocycles. The van der Waals surface area contributed by atoms with E-state index in [0.717, 1.165) is 12.7 Å². The molecule has 1 saturated heterocycles. The van der Waals surface area contributed by atoms with Gasteiger partial charge in [-0.15, -0.1) is 0 Å². The van der Waals surface area contributed by atoms with E-state index < -0.39 is 5.79 Å². The molecule has 2 nitrogen and oxygen atoms in total. The van der Waals surface area contributed by atoms with Crippen molar-refractivity contribution < 1.29 is 9.84 Å². The molecule has 0 saturated carbocycles. The van der Waals surface area contributed by atoms with Crippen LogP contribution in [-0.2, 0) is 4.74 Å². The summed E-state index contributed by atoms with van der Waals surface area (Å²) in [5.41, 5.74) is 0. The Morgan fingerprint density at radius 3 is 3.10 bits per heavy atom. The molecule has 0 bridgehead atoms. The minimum atomic E-state index is -0.934. The first-order chi connectivity index (χ1) is 4.63. The SMILES string of the molecule is CC1[B]CCCOC1(C)O. The Balaban J connectivity index is 2.52. The summed E-state index contributed by atoms with van der Waals surface area (Å²) >= 11 is 0. The van der Waals surface area contributed by atoms with E-state index in [1.807, 2.05) is 6.92 Å². The van der Waals surface area contributed by atoms with Gasteiger partial charge < -0.3 is 9.84 Å². The van der Waals surface area contributed by atoms with Crippen molar-refractivity contribution in [1.82, 2.24) is 0 Å². The van der Waals surface area contributed by atoms with E-state index in [4.69, 9.17) is 4.74 Å². The molecule has 1 aliphatic heterocycles. The van der Waals surface area contributed by atoms with Crippen LogP contribution in [0.25, 0.3) is 0 Å². The predicted octanol–water partition coefficient (Wildman–Crippen LogP) is 1.05. The highest BCUT2D eigenvalue weighted by atomic mass is 16.6. The summed E-state index contributed by atoms with van der Waals surface area (Å²) in [6.07, 6.45) is 2.08. The van der Waals surface area contributed by atoms with E-state index in [9.17, 15) is 5.11 Å². The lowest BCUT2D eigenvalue weighted by Gasteiger charge is -2.27. The average molecular weight is 141 g/mol. The summed E-state index contributed by atoms with van der Waals surface area (Å²) in [5, 5.41) is 9.57. The third-order valence-corrected chi connectivity index (χ3v) is 2.11. The third kappa shape index (κ3) is 1.73. The second-order valence-corrected chi connectivity index (χ2v) is 3.07. The van der Waals surface area contributed by atoms with Gasteiger partial charge in [0.15, 0.2) is 5.79 Å². The van der Waals surface area contributed by atoms with E-state index in [2.05, 4.69) is 7.28 Å². The van der Waals surface area contributed by atoms with Crippen LogP contribution >= 0.6 is 0 Å². The lowest BCUT2D eigenvalue weighted by Crippen LogP contribution is -2.33. The molecule has 2 unspecified atom stereocenters. The fourth-order valence-corrected chi connectivity index (χ4v) is 1.08. The van der Waals surface area contributed by atoms with Crippen molar-refractivity contribution in [2.45, 2.75) is 38.2 Å². The minimum absolute atomic E-state index is 0.148. The van der Waals surface area contributed by atoms with Gasteiger partial charge >= 0.3 is 0 Å². The molecule has 0 aromatic carbocycles. The highest BCUT2D eigenvalue weighted by Gasteiger charge is 2.30. The van der Waals surface area contributed by atoms with E-state index in [1.54, 1.807) is 6.92 Å². The maximum absolute atomic E-state index is 9.57. The Hall–Kier alpha value is -0.0151. The van der Waals surface area contributed by atoms with Crippen LogP contribution in [0.4, 0.5) is 0 Å². The maximum atomic E-state index is 9.57. The summed E-state index contributed by atoms with van der Waals surface area (Å²) in [5.74, 6) is -0.786. The van der Waals surface area contributed by atoms with Gasteiger partial charge in [-0.2, -0.15) is 0 Å². The van der Waals surface area contributed by atoms with Gasteiger partial charge in [0.1, 0.15) is 7.28 Å². The molecule has 0 amide bonds. The van der Waals surface area contributed by atoms with Gasteiger partial charge in [-0.05, 0) is 19.2 Å². The lowest BCUT2D eigenvalue weighted by atomic mass is 9.59. The zero-order valence-corrected chi connectivity index (χ0v) is 6.63. The van der Waals surface area contributed by atoms with Crippen LogP contribution < -0.4 is 0 Å². The lowest BCUT2D eigenvalue weighted by molar-refractivity contribution is -0.187. The molecule has 1 rings (SSSR count). The largest absolute Gasteiger partial charge is 0.366 e. The number of hydrogen-bond donors (Lipinski definition) is 1. The molecule has 10 heavy (non-hydrogen) atoms. The predicted molar refractivity (Wildman–Crippen MR) is 41.2 cm³/mol. The minimum Gasteiger partial charge on any atom is -0.366 e. The van der Waals surface area contributed by atoms with Crippen LogP contribution in [0.5, 0.6) is 0 Å². The van der Waals surface area contributed by atoms with Crippen molar-refractivity contribution in [3.63, 3.8) is 0 Å². The van der Waals surface area contributed by atoms with E-state index in [0.29, 0.717) is 6.61 Å². The van der Waals surface area contributed by atoms with Gasteiger partial charge in [-0.1, -0.05) is 13.2 Å². The summed E-state index contributed by atoms with van der Waals surface area (Å²) in [4.78, 5) is 0. The average Bonchev–Trinajstić information content (AvgIpc) is 1.96. The first-order valence-corrected chi connectivity index (χ1v) is 3.82. The highest BCUT2D eigenvalue weighted by Crippen LogP contribution is 2.27. The topological polar surface area (TPSA) is 29.5 Å². The first-order valence-electron chi connectivity index (χ1n) is 3.82. The van der Waals surface area contributed by atoms with Gasteiger partial charge in [0.05, 0.1) is 0 Å². The van der Waals surface area contributed by atoms with E-state index in [1.165, 1.54) is 0 Å².